The molecule has 0 saturated carbocycles. The Bertz CT molecular complexity index is 374. The lowest BCUT2D eigenvalue weighted by molar-refractivity contribution is 0.297. The van der Waals surface area contributed by atoms with E-state index in [1.165, 1.54) is 11.4 Å². The van der Waals surface area contributed by atoms with E-state index in [2.05, 4.69) is 60.3 Å². The first-order valence-corrected chi connectivity index (χ1v) is 11.6. The Morgan fingerprint density at radius 3 is 1.18 bits per heavy atom. The molecule has 28 heavy (non-hydrogen) atoms. The summed E-state index contributed by atoms with van der Waals surface area (Å²) in [5, 5.41) is 0. The predicted octanol–water partition coefficient (Wildman–Crippen LogP) is 5.31. The van der Waals surface area contributed by atoms with E-state index < -0.39 is 0 Å². The van der Waals surface area contributed by atoms with Crippen molar-refractivity contribution in [2.24, 2.45) is 39.4 Å². The van der Waals surface area contributed by atoms with Crippen molar-refractivity contribution in [3.05, 3.63) is 0 Å². The van der Waals surface area contributed by atoms with Crippen LogP contribution in [0.3, 0.4) is 0 Å². The lowest BCUT2D eigenvalue weighted by atomic mass is 9.98. The Morgan fingerprint density at radius 1 is 0.607 bits per heavy atom. The fourth-order valence-electron chi connectivity index (χ4n) is 3.53. The smallest absolute Gasteiger partial charge is 0.0516 e. The average molecular weight is 395 g/mol. The molecule has 0 aromatic rings. The second-order valence-electron chi connectivity index (χ2n) is 9.92. The molecule has 0 bridgehead atoms. The third-order valence-electron chi connectivity index (χ3n) is 4.52. The third kappa shape index (κ3) is 16.2. The fourth-order valence-corrected chi connectivity index (χ4v) is 3.53. The summed E-state index contributed by atoms with van der Waals surface area (Å²) in [6, 6.07) is 0. The molecule has 0 atom stereocenters. The summed E-state index contributed by atoms with van der Waals surface area (Å²) in [5.41, 5.74) is 8.61. The van der Waals surface area contributed by atoms with Gasteiger partial charge in [-0.3, -0.25) is 14.9 Å². The molecule has 0 aliphatic carbocycles. The Labute approximate surface area is 176 Å². The molecular weight excluding hydrogens is 344 g/mol. The Hall–Kier alpha value is -0.740. The molecule has 0 aliphatic heterocycles. The number of nitrogens with two attached hydrogens (primary N) is 1. The van der Waals surface area contributed by atoms with Crippen molar-refractivity contribution in [3.8, 4) is 0 Å². The van der Waals surface area contributed by atoms with Gasteiger partial charge in [-0.25, -0.2) is 0 Å². The highest BCUT2D eigenvalue weighted by Crippen LogP contribution is 2.11. The summed E-state index contributed by atoms with van der Waals surface area (Å²) < 4.78 is 0. The average Bonchev–Trinajstić information content (AvgIpc) is 2.52. The van der Waals surface area contributed by atoms with E-state index in [0.717, 1.165) is 58.4 Å². The Morgan fingerprint density at radius 2 is 0.929 bits per heavy atom. The highest BCUT2D eigenvalue weighted by atomic mass is 15.1. The van der Waals surface area contributed by atoms with Gasteiger partial charge >= 0.3 is 0 Å². The van der Waals surface area contributed by atoms with Crippen LogP contribution in [0.15, 0.2) is 9.98 Å². The molecule has 4 nitrogen and oxygen atoms in total. The molecule has 0 aliphatic rings. The van der Waals surface area contributed by atoms with Crippen molar-refractivity contribution in [3.63, 3.8) is 0 Å². The summed E-state index contributed by atoms with van der Waals surface area (Å²) in [6.07, 6.45) is 4.47. The van der Waals surface area contributed by atoms with Gasteiger partial charge in [0.2, 0.25) is 0 Å². The zero-order valence-corrected chi connectivity index (χ0v) is 20.3. The van der Waals surface area contributed by atoms with Crippen LogP contribution >= 0.6 is 0 Å². The summed E-state index contributed by atoms with van der Waals surface area (Å²) in [6.45, 7) is 23.6. The van der Waals surface area contributed by atoms with E-state index in [-0.39, 0.29) is 0 Å². The van der Waals surface area contributed by atoms with Crippen LogP contribution in [0.1, 0.15) is 81.1 Å². The van der Waals surface area contributed by atoms with E-state index in [4.69, 9.17) is 15.7 Å². The normalized spacial score (nSPS) is 11.9. The molecule has 0 unspecified atom stereocenters. The van der Waals surface area contributed by atoms with Gasteiger partial charge in [0.1, 0.15) is 0 Å². The molecule has 0 amide bonds. The SMILES string of the molecule is CC(C)CC(CC(C)C)=NCCN(CCN)CCN=C(CC(C)C)CC(C)C. The molecule has 0 spiro atoms. The predicted molar refractivity (Wildman–Crippen MR) is 128 cm³/mol. The van der Waals surface area contributed by atoms with Crippen LogP contribution in [0, 0.1) is 23.7 Å². The third-order valence-corrected chi connectivity index (χ3v) is 4.52. The summed E-state index contributed by atoms with van der Waals surface area (Å²) in [5.74, 6) is 2.69. The van der Waals surface area contributed by atoms with Crippen LogP contribution in [0.5, 0.6) is 0 Å². The van der Waals surface area contributed by atoms with E-state index in [0.29, 0.717) is 30.2 Å². The molecule has 0 saturated heterocycles. The van der Waals surface area contributed by atoms with Gasteiger partial charge in [0.05, 0.1) is 13.1 Å². The topological polar surface area (TPSA) is 54.0 Å². The van der Waals surface area contributed by atoms with E-state index in [1.54, 1.807) is 0 Å². The lowest BCUT2D eigenvalue weighted by Gasteiger charge is -2.21. The van der Waals surface area contributed by atoms with Crippen LogP contribution in [-0.2, 0) is 0 Å². The molecule has 0 heterocycles. The van der Waals surface area contributed by atoms with Gasteiger partial charge in [-0.05, 0) is 49.4 Å². The fraction of sp³-hybridized carbons (Fsp3) is 0.917. The van der Waals surface area contributed by atoms with Crippen molar-refractivity contribution in [2.45, 2.75) is 81.1 Å². The maximum absolute atomic E-state index is 5.84. The zero-order valence-electron chi connectivity index (χ0n) is 20.3. The summed E-state index contributed by atoms with van der Waals surface area (Å²) >= 11 is 0. The van der Waals surface area contributed by atoms with Gasteiger partial charge in [-0.2, -0.15) is 0 Å². The Balaban J connectivity index is 4.70. The molecular formula is C24H50N4. The van der Waals surface area contributed by atoms with Crippen molar-refractivity contribution in [1.29, 1.82) is 0 Å². The number of rotatable bonds is 16. The monoisotopic (exact) mass is 394 g/mol. The highest BCUT2D eigenvalue weighted by molar-refractivity contribution is 5.85. The van der Waals surface area contributed by atoms with E-state index in [1.807, 2.05) is 0 Å². The number of hydrogen-bond acceptors (Lipinski definition) is 4. The second-order valence-corrected chi connectivity index (χ2v) is 9.92. The molecule has 0 radical (unpaired) electrons. The van der Waals surface area contributed by atoms with Crippen molar-refractivity contribution in [1.82, 2.24) is 4.90 Å². The number of hydrogen-bond donors (Lipinski definition) is 1. The minimum Gasteiger partial charge on any atom is -0.329 e. The molecule has 0 rings (SSSR count). The van der Waals surface area contributed by atoms with Crippen molar-refractivity contribution < 1.29 is 0 Å². The van der Waals surface area contributed by atoms with Crippen molar-refractivity contribution in [2.75, 3.05) is 39.3 Å². The summed E-state index contributed by atoms with van der Waals surface area (Å²) in [7, 11) is 0. The molecule has 4 heteroatoms. The van der Waals surface area contributed by atoms with E-state index >= 15 is 0 Å². The quantitative estimate of drug-likeness (QED) is 0.360. The second kappa shape index (κ2) is 16.1. The Kier molecular flexibility index (Phi) is 15.7. The highest BCUT2D eigenvalue weighted by Gasteiger charge is 2.09. The number of nitrogens with zero attached hydrogens (tertiary/aromatic N) is 3. The minimum atomic E-state index is 0.673. The van der Waals surface area contributed by atoms with Gasteiger partial charge < -0.3 is 5.73 Å². The first-order chi connectivity index (χ1) is 13.1. The van der Waals surface area contributed by atoms with Crippen LogP contribution in [0.2, 0.25) is 0 Å². The molecule has 0 fully saturated rings. The number of aliphatic imine (C=N–C) groups is 2. The molecule has 0 aromatic heterocycles. The maximum atomic E-state index is 5.84. The van der Waals surface area contributed by atoms with Crippen LogP contribution < -0.4 is 5.73 Å². The van der Waals surface area contributed by atoms with Crippen LogP contribution in [0.4, 0.5) is 0 Å². The molecule has 2 N–H and O–H groups in total. The van der Waals surface area contributed by atoms with Gasteiger partial charge in [0.25, 0.3) is 0 Å². The minimum absolute atomic E-state index is 0.673. The first-order valence-electron chi connectivity index (χ1n) is 11.6. The van der Waals surface area contributed by atoms with Gasteiger partial charge in [-0.15, -0.1) is 0 Å². The van der Waals surface area contributed by atoms with Gasteiger partial charge in [0.15, 0.2) is 0 Å². The van der Waals surface area contributed by atoms with Crippen LogP contribution in [-0.4, -0.2) is 55.6 Å². The molecule has 0 aromatic carbocycles. The summed E-state index contributed by atoms with van der Waals surface area (Å²) in [4.78, 5) is 12.3. The largest absolute Gasteiger partial charge is 0.329 e. The van der Waals surface area contributed by atoms with Gasteiger partial charge in [0, 0.05) is 37.6 Å². The first kappa shape index (κ1) is 27.3. The lowest BCUT2D eigenvalue weighted by Crippen LogP contribution is -2.34. The maximum Gasteiger partial charge on any atom is 0.0516 e. The van der Waals surface area contributed by atoms with E-state index in [9.17, 15) is 0 Å². The standard InChI is InChI=1S/C24H50N4/c1-19(2)15-23(16-20(3)4)26-10-13-28(12-9-25)14-11-27-24(17-21(5)6)18-22(7)8/h19-22H,9-18,25H2,1-8H3. The van der Waals surface area contributed by atoms with Crippen molar-refractivity contribution >= 4 is 11.4 Å². The van der Waals surface area contributed by atoms with Gasteiger partial charge in [-0.1, -0.05) is 55.4 Å². The zero-order chi connectivity index (χ0) is 21.5. The molecule has 166 valence electrons. The van der Waals surface area contributed by atoms with Crippen LogP contribution in [0.25, 0.3) is 0 Å².